The summed E-state index contributed by atoms with van der Waals surface area (Å²) in [5.74, 6) is -0.190. The van der Waals surface area contributed by atoms with Crippen LogP contribution in [0.1, 0.15) is 28.3 Å². The van der Waals surface area contributed by atoms with Crippen LogP contribution in [0.3, 0.4) is 0 Å². The summed E-state index contributed by atoms with van der Waals surface area (Å²) in [6.45, 7) is 1.67. The third-order valence-electron chi connectivity index (χ3n) is 2.53. The number of aliphatic hydroxyl groups is 1. The first-order chi connectivity index (χ1) is 8.99. The van der Waals surface area contributed by atoms with Gasteiger partial charge in [0.05, 0.1) is 14.8 Å². The SMILES string of the molecule is CC(O)c1ccccc1NC(=O)c1cc(Br)c(Br)s1. The zero-order chi connectivity index (χ0) is 14.0. The van der Waals surface area contributed by atoms with Crippen molar-refractivity contribution >= 4 is 54.8 Å². The number of amides is 1. The Morgan fingerprint density at radius 3 is 2.63 bits per heavy atom. The van der Waals surface area contributed by atoms with Gasteiger partial charge in [-0.25, -0.2) is 0 Å². The van der Waals surface area contributed by atoms with Crippen LogP contribution in [0, 0.1) is 0 Å². The minimum atomic E-state index is -0.627. The van der Waals surface area contributed by atoms with Crippen LogP contribution in [0.5, 0.6) is 0 Å². The second-order valence-corrected chi connectivity index (χ2v) is 7.17. The Hall–Kier alpha value is -0.690. The van der Waals surface area contributed by atoms with E-state index in [1.807, 2.05) is 12.1 Å². The molecule has 2 aromatic rings. The molecule has 1 aromatic heterocycles. The summed E-state index contributed by atoms with van der Waals surface area (Å²) in [7, 11) is 0. The molecule has 100 valence electrons. The van der Waals surface area contributed by atoms with Crippen LogP contribution in [0.4, 0.5) is 5.69 Å². The first-order valence-corrected chi connectivity index (χ1v) is 7.92. The molecule has 0 aliphatic carbocycles. The summed E-state index contributed by atoms with van der Waals surface area (Å²) in [6.07, 6.45) is -0.627. The first kappa shape index (κ1) is 14.7. The molecule has 1 atom stereocenters. The van der Waals surface area contributed by atoms with Gasteiger partial charge in [-0.3, -0.25) is 4.79 Å². The van der Waals surface area contributed by atoms with E-state index in [4.69, 9.17) is 0 Å². The summed E-state index contributed by atoms with van der Waals surface area (Å²) in [5, 5.41) is 12.5. The van der Waals surface area contributed by atoms with Gasteiger partial charge in [0.15, 0.2) is 0 Å². The predicted octanol–water partition coefficient (Wildman–Crippen LogP) is 4.58. The zero-order valence-corrected chi connectivity index (χ0v) is 14.0. The van der Waals surface area contributed by atoms with Crippen LogP contribution in [0.15, 0.2) is 38.6 Å². The molecular formula is C13H11Br2NO2S. The number of nitrogens with one attached hydrogen (secondary N) is 1. The number of rotatable bonds is 3. The molecule has 0 radical (unpaired) electrons. The fraction of sp³-hybridized carbons (Fsp3) is 0.154. The molecule has 2 rings (SSSR count). The smallest absolute Gasteiger partial charge is 0.265 e. The third-order valence-corrected chi connectivity index (χ3v) is 5.78. The second-order valence-electron chi connectivity index (χ2n) is 3.95. The van der Waals surface area contributed by atoms with Crippen LogP contribution in [-0.4, -0.2) is 11.0 Å². The molecule has 6 heteroatoms. The molecule has 1 heterocycles. The van der Waals surface area contributed by atoms with Crippen LogP contribution in [0.25, 0.3) is 0 Å². The molecule has 0 bridgehead atoms. The fourth-order valence-corrected chi connectivity index (χ4v) is 3.55. The minimum Gasteiger partial charge on any atom is -0.389 e. The molecule has 0 spiro atoms. The van der Waals surface area contributed by atoms with E-state index >= 15 is 0 Å². The molecule has 2 N–H and O–H groups in total. The highest BCUT2D eigenvalue weighted by atomic mass is 79.9. The molecule has 1 aromatic carbocycles. The van der Waals surface area contributed by atoms with E-state index < -0.39 is 6.10 Å². The van der Waals surface area contributed by atoms with E-state index in [-0.39, 0.29) is 5.91 Å². The van der Waals surface area contributed by atoms with Crippen molar-refractivity contribution in [3.05, 3.63) is 49.0 Å². The van der Waals surface area contributed by atoms with Gasteiger partial charge in [0.2, 0.25) is 0 Å². The van der Waals surface area contributed by atoms with Crippen molar-refractivity contribution in [3.63, 3.8) is 0 Å². The summed E-state index contributed by atoms with van der Waals surface area (Å²) in [6, 6.07) is 8.98. The highest BCUT2D eigenvalue weighted by Crippen LogP contribution is 2.33. The lowest BCUT2D eigenvalue weighted by Gasteiger charge is -2.12. The van der Waals surface area contributed by atoms with E-state index in [2.05, 4.69) is 37.2 Å². The number of aliphatic hydroxyl groups excluding tert-OH is 1. The van der Waals surface area contributed by atoms with Crippen molar-refractivity contribution in [1.82, 2.24) is 0 Å². The van der Waals surface area contributed by atoms with Crippen molar-refractivity contribution in [2.45, 2.75) is 13.0 Å². The van der Waals surface area contributed by atoms with Crippen LogP contribution < -0.4 is 5.32 Å². The Morgan fingerprint density at radius 1 is 1.37 bits per heavy atom. The summed E-state index contributed by atoms with van der Waals surface area (Å²) >= 11 is 8.06. The van der Waals surface area contributed by atoms with Crippen molar-refractivity contribution in [1.29, 1.82) is 0 Å². The molecular weight excluding hydrogens is 394 g/mol. The van der Waals surface area contributed by atoms with Gasteiger partial charge in [-0.05, 0) is 50.9 Å². The fourth-order valence-electron chi connectivity index (χ4n) is 1.62. The second kappa shape index (κ2) is 6.17. The molecule has 19 heavy (non-hydrogen) atoms. The number of halogens is 2. The Kier molecular flexibility index (Phi) is 4.78. The number of anilines is 1. The number of para-hydroxylation sites is 1. The number of hydrogen-bond acceptors (Lipinski definition) is 3. The quantitative estimate of drug-likeness (QED) is 0.786. The summed E-state index contributed by atoms with van der Waals surface area (Å²) < 4.78 is 1.73. The molecule has 0 saturated carbocycles. The van der Waals surface area contributed by atoms with Crippen molar-refractivity contribution < 1.29 is 9.90 Å². The van der Waals surface area contributed by atoms with Gasteiger partial charge >= 0.3 is 0 Å². The van der Waals surface area contributed by atoms with E-state index in [0.717, 1.165) is 8.26 Å². The number of hydrogen-bond donors (Lipinski definition) is 2. The maximum Gasteiger partial charge on any atom is 0.265 e. The van der Waals surface area contributed by atoms with Gasteiger partial charge in [0.25, 0.3) is 5.91 Å². The maximum atomic E-state index is 12.1. The molecule has 0 aliphatic rings. The Morgan fingerprint density at radius 2 is 2.05 bits per heavy atom. The highest BCUT2D eigenvalue weighted by Gasteiger charge is 2.14. The maximum absolute atomic E-state index is 12.1. The molecule has 0 saturated heterocycles. The van der Waals surface area contributed by atoms with Gasteiger partial charge < -0.3 is 10.4 Å². The van der Waals surface area contributed by atoms with Gasteiger partial charge in [-0.1, -0.05) is 18.2 Å². The van der Waals surface area contributed by atoms with Gasteiger partial charge in [-0.2, -0.15) is 0 Å². The highest BCUT2D eigenvalue weighted by molar-refractivity contribution is 9.13. The number of carbonyl (C=O) groups is 1. The summed E-state index contributed by atoms with van der Waals surface area (Å²) in [5.41, 5.74) is 1.33. The standard InChI is InChI=1S/C13H11Br2NO2S/c1-7(17)8-4-2-3-5-10(8)16-13(18)11-6-9(14)12(15)19-11/h2-7,17H,1H3,(H,16,18). The van der Waals surface area contributed by atoms with Crippen molar-refractivity contribution in [2.24, 2.45) is 0 Å². The number of thiophene rings is 1. The molecule has 1 amide bonds. The zero-order valence-electron chi connectivity index (χ0n) is 9.98. The van der Waals surface area contributed by atoms with E-state index in [1.54, 1.807) is 25.1 Å². The van der Waals surface area contributed by atoms with Gasteiger partial charge in [0.1, 0.15) is 0 Å². The Balaban J connectivity index is 2.24. The monoisotopic (exact) mass is 403 g/mol. The van der Waals surface area contributed by atoms with E-state index in [1.165, 1.54) is 11.3 Å². The van der Waals surface area contributed by atoms with Crippen molar-refractivity contribution in [3.8, 4) is 0 Å². The van der Waals surface area contributed by atoms with E-state index in [9.17, 15) is 9.90 Å². The molecule has 3 nitrogen and oxygen atoms in total. The normalized spacial score (nSPS) is 12.2. The van der Waals surface area contributed by atoms with Crippen LogP contribution in [0.2, 0.25) is 0 Å². The van der Waals surface area contributed by atoms with Gasteiger partial charge in [0, 0.05) is 15.7 Å². The topological polar surface area (TPSA) is 49.3 Å². The first-order valence-electron chi connectivity index (χ1n) is 5.52. The van der Waals surface area contributed by atoms with Crippen LogP contribution >= 0.6 is 43.2 Å². The molecule has 0 aliphatic heterocycles. The predicted molar refractivity (Wildman–Crippen MR) is 84.7 cm³/mol. The summed E-state index contributed by atoms with van der Waals surface area (Å²) in [4.78, 5) is 12.7. The minimum absolute atomic E-state index is 0.190. The van der Waals surface area contributed by atoms with Crippen molar-refractivity contribution in [2.75, 3.05) is 5.32 Å². The Labute approximate surface area is 131 Å². The molecule has 1 unspecified atom stereocenters. The average Bonchev–Trinajstić information content (AvgIpc) is 2.70. The lowest BCUT2D eigenvalue weighted by atomic mass is 10.1. The lowest BCUT2D eigenvalue weighted by molar-refractivity contribution is 0.103. The Bertz CT molecular complexity index is 591. The third kappa shape index (κ3) is 3.45. The number of benzene rings is 1. The number of carbonyl (C=O) groups excluding carboxylic acids is 1. The largest absolute Gasteiger partial charge is 0.389 e. The van der Waals surface area contributed by atoms with E-state index in [0.29, 0.717) is 16.1 Å². The lowest BCUT2D eigenvalue weighted by Crippen LogP contribution is -2.12. The van der Waals surface area contributed by atoms with Crippen LogP contribution in [-0.2, 0) is 0 Å². The average molecular weight is 405 g/mol. The van der Waals surface area contributed by atoms with Gasteiger partial charge in [-0.15, -0.1) is 11.3 Å². The molecule has 0 fully saturated rings.